The normalized spacial score (nSPS) is 11.8. The van der Waals surface area contributed by atoms with Crippen LogP contribution in [0, 0.1) is 0 Å². The van der Waals surface area contributed by atoms with Crippen LogP contribution >= 0.6 is 0 Å². The SMILES string of the molecule is CC(C(=O)O)c1ccccc1OCc1ccccc1. The Hall–Kier alpha value is -2.29. The van der Waals surface area contributed by atoms with Gasteiger partial charge in [0.15, 0.2) is 0 Å². The summed E-state index contributed by atoms with van der Waals surface area (Å²) in [6.45, 7) is 2.09. The van der Waals surface area contributed by atoms with Gasteiger partial charge in [0.2, 0.25) is 0 Å². The molecule has 19 heavy (non-hydrogen) atoms. The fraction of sp³-hybridized carbons (Fsp3) is 0.188. The van der Waals surface area contributed by atoms with Crippen molar-refractivity contribution in [3.8, 4) is 5.75 Å². The molecule has 2 rings (SSSR count). The molecule has 3 heteroatoms. The molecule has 0 aliphatic heterocycles. The van der Waals surface area contributed by atoms with Crippen LogP contribution in [0.5, 0.6) is 5.75 Å². The molecule has 0 radical (unpaired) electrons. The van der Waals surface area contributed by atoms with Crippen molar-refractivity contribution in [1.82, 2.24) is 0 Å². The second-order valence-corrected chi connectivity index (χ2v) is 4.37. The number of carboxylic acid groups (broad SMARTS) is 1. The fourth-order valence-electron chi connectivity index (χ4n) is 1.84. The number of rotatable bonds is 5. The molecular weight excluding hydrogens is 240 g/mol. The van der Waals surface area contributed by atoms with Crippen molar-refractivity contribution in [2.24, 2.45) is 0 Å². The number of hydrogen-bond acceptors (Lipinski definition) is 2. The fourth-order valence-corrected chi connectivity index (χ4v) is 1.84. The highest BCUT2D eigenvalue weighted by atomic mass is 16.5. The Labute approximate surface area is 112 Å². The molecule has 3 nitrogen and oxygen atoms in total. The van der Waals surface area contributed by atoms with Crippen molar-refractivity contribution in [2.45, 2.75) is 19.4 Å². The molecule has 0 fully saturated rings. The second-order valence-electron chi connectivity index (χ2n) is 4.37. The summed E-state index contributed by atoms with van der Waals surface area (Å²) in [4.78, 5) is 11.1. The second kappa shape index (κ2) is 6.05. The van der Waals surface area contributed by atoms with Crippen LogP contribution in [0.25, 0.3) is 0 Å². The minimum atomic E-state index is -0.851. The van der Waals surface area contributed by atoms with Crippen LogP contribution in [-0.2, 0) is 11.4 Å². The minimum Gasteiger partial charge on any atom is -0.489 e. The highest BCUT2D eigenvalue weighted by Gasteiger charge is 2.17. The average Bonchev–Trinajstić information content (AvgIpc) is 2.45. The maximum Gasteiger partial charge on any atom is 0.310 e. The lowest BCUT2D eigenvalue weighted by Crippen LogP contribution is -2.09. The molecule has 1 atom stereocenters. The number of hydrogen-bond donors (Lipinski definition) is 1. The van der Waals surface area contributed by atoms with E-state index >= 15 is 0 Å². The number of ether oxygens (including phenoxy) is 1. The van der Waals surface area contributed by atoms with Crippen LogP contribution in [0.3, 0.4) is 0 Å². The van der Waals surface area contributed by atoms with E-state index in [-0.39, 0.29) is 0 Å². The van der Waals surface area contributed by atoms with Gasteiger partial charge in [-0.1, -0.05) is 48.5 Å². The smallest absolute Gasteiger partial charge is 0.310 e. The third kappa shape index (κ3) is 3.35. The monoisotopic (exact) mass is 256 g/mol. The van der Waals surface area contributed by atoms with E-state index in [0.29, 0.717) is 17.9 Å². The maximum atomic E-state index is 11.1. The predicted octanol–water partition coefficient (Wildman–Crippen LogP) is 3.45. The van der Waals surface area contributed by atoms with E-state index in [0.717, 1.165) is 5.56 Å². The van der Waals surface area contributed by atoms with Gasteiger partial charge in [0.1, 0.15) is 12.4 Å². The number of carbonyl (C=O) groups is 1. The molecule has 0 aliphatic rings. The Morgan fingerprint density at radius 3 is 2.42 bits per heavy atom. The van der Waals surface area contributed by atoms with E-state index in [9.17, 15) is 4.79 Å². The first-order valence-electron chi connectivity index (χ1n) is 6.17. The summed E-state index contributed by atoms with van der Waals surface area (Å²) < 4.78 is 5.73. The van der Waals surface area contributed by atoms with E-state index in [2.05, 4.69) is 0 Å². The van der Waals surface area contributed by atoms with Crippen LogP contribution in [0.1, 0.15) is 24.0 Å². The lowest BCUT2D eigenvalue weighted by molar-refractivity contribution is -0.138. The summed E-state index contributed by atoms with van der Waals surface area (Å²) in [5.74, 6) is -0.802. The average molecular weight is 256 g/mol. The first-order valence-corrected chi connectivity index (χ1v) is 6.17. The van der Waals surface area contributed by atoms with E-state index in [1.807, 2.05) is 42.5 Å². The number of carboxylic acids is 1. The molecule has 0 aromatic heterocycles. The van der Waals surface area contributed by atoms with Gasteiger partial charge in [-0.25, -0.2) is 0 Å². The number of benzene rings is 2. The molecule has 2 aromatic carbocycles. The lowest BCUT2D eigenvalue weighted by atomic mass is 10.0. The number of aliphatic carboxylic acids is 1. The van der Waals surface area contributed by atoms with Gasteiger partial charge in [0.25, 0.3) is 0 Å². The molecule has 0 saturated heterocycles. The molecule has 0 amide bonds. The largest absolute Gasteiger partial charge is 0.489 e. The molecule has 0 heterocycles. The zero-order valence-corrected chi connectivity index (χ0v) is 10.7. The van der Waals surface area contributed by atoms with E-state index in [1.54, 1.807) is 19.1 Å². The van der Waals surface area contributed by atoms with Crippen LogP contribution in [0.4, 0.5) is 0 Å². The van der Waals surface area contributed by atoms with Crippen LogP contribution in [0.2, 0.25) is 0 Å². The quantitative estimate of drug-likeness (QED) is 0.891. The zero-order chi connectivity index (χ0) is 13.7. The maximum absolute atomic E-state index is 11.1. The Bertz CT molecular complexity index is 549. The number of para-hydroxylation sites is 1. The van der Waals surface area contributed by atoms with Crippen molar-refractivity contribution in [2.75, 3.05) is 0 Å². The molecular formula is C16H16O3. The molecule has 1 N–H and O–H groups in total. The van der Waals surface area contributed by atoms with Gasteiger partial charge >= 0.3 is 5.97 Å². The van der Waals surface area contributed by atoms with Crippen LogP contribution in [-0.4, -0.2) is 11.1 Å². The highest BCUT2D eigenvalue weighted by Crippen LogP contribution is 2.27. The highest BCUT2D eigenvalue weighted by molar-refractivity contribution is 5.76. The third-order valence-electron chi connectivity index (χ3n) is 2.99. The van der Waals surface area contributed by atoms with Crippen molar-refractivity contribution in [3.05, 3.63) is 65.7 Å². The Morgan fingerprint density at radius 1 is 1.11 bits per heavy atom. The first-order chi connectivity index (χ1) is 9.18. The molecule has 98 valence electrons. The third-order valence-corrected chi connectivity index (χ3v) is 2.99. The summed E-state index contributed by atoms with van der Waals surface area (Å²) in [6.07, 6.45) is 0. The van der Waals surface area contributed by atoms with Crippen molar-refractivity contribution < 1.29 is 14.6 Å². The van der Waals surface area contributed by atoms with Gasteiger partial charge in [0.05, 0.1) is 5.92 Å². The molecule has 0 bridgehead atoms. The molecule has 0 saturated carbocycles. The summed E-state index contributed by atoms with van der Waals surface area (Å²) in [6, 6.07) is 17.1. The summed E-state index contributed by atoms with van der Waals surface area (Å²) in [7, 11) is 0. The van der Waals surface area contributed by atoms with E-state index < -0.39 is 11.9 Å². The molecule has 0 spiro atoms. The van der Waals surface area contributed by atoms with E-state index in [4.69, 9.17) is 9.84 Å². The minimum absolute atomic E-state index is 0.435. The van der Waals surface area contributed by atoms with Gasteiger partial charge in [-0.15, -0.1) is 0 Å². The van der Waals surface area contributed by atoms with Crippen LogP contribution < -0.4 is 4.74 Å². The summed E-state index contributed by atoms with van der Waals surface area (Å²) >= 11 is 0. The lowest BCUT2D eigenvalue weighted by Gasteiger charge is -2.14. The Balaban J connectivity index is 2.14. The summed E-state index contributed by atoms with van der Waals surface area (Å²) in [5.41, 5.74) is 1.76. The van der Waals surface area contributed by atoms with E-state index in [1.165, 1.54) is 0 Å². The first kappa shape index (κ1) is 13.1. The Morgan fingerprint density at radius 2 is 1.74 bits per heavy atom. The van der Waals surface area contributed by atoms with Gasteiger partial charge in [-0.05, 0) is 18.6 Å². The predicted molar refractivity (Wildman–Crippen MR) is 73.3 cm³/mol. The zero-order valence-electron chi connectivity index (χ0n) is 10.7. The molecule has 2 aromatic rings. The van der Waals surface area contributed by atoms with Crippen molar-refractivity contribution in [1.29, 1.82) is 0 Å². The van der Waals surface area contributed by atoms with Gasteiger partial charge in [0, 0.05) is 5.56 Å². The topological polar surface area (TPSA) is 46.5 Å². The van der Waals surface area contributed by atoms with Crippen molar-refractivity contribution in [3.63, 3.8) is 0 Å². The molecule has 1 unspecified atom stereocenters. The molecule has 0 aliphatic carbocycles. The van der Waals surface area contributed by atoms with Crippen LogP contribution in [0.15, 0.2) is 54.6 Å². The summed E-state index contributed by atoms with van der Waals surface area (Å²) in [5, 5.41) is 9.09. The van der Waals surface area contributed by atoms with Gasteiger partial charge < -0.3 is 9.84 Å². The van der Waals surface area contributed by atoms with Gasteiger partial charge in [-0.3, -0.25) is 4.79 Å². The van der Waals surface area contributed by atoms with Crippen molar-refractivity contribution >= 4 is 5.97 Å². The standard InChI is InChI=1S/C16H16O3/c1-12(16(17)18)14-9-5-6-10-15(14)19-11-13-7-3-2-4-8-13/h2-10,12H,11H2,1H3,(H,17,18). The van der Waals surface area contributed by atoms with Gasteiger partial charge in [-0.2, -0.15) is 0 Å². The Kier molecular flexibility index (Phi) is 4.18.